The van der Waals surface area contributed by atoms with Crippen molar-refractivity contribution >= 4 is 0 Å². The normalized spacial score (nSPS) is 14.4. The molecule has 1 aliphatic carbocycles. The molecule has 1 saturated carbocycles. The van der Waals surface area contributed by atoms with Gasteiger partial charge in [-0.2, -0.15) is 0 Å². The van der Waals surface area contributed by atoms with Crippen LogP contribution < -0.4 is 10.3 Å². The number of rotatable bonds is 3. The van der Waals surface area contributed by atoms with Crippen LogP contribution in [0.15, 0.2) is 29.1 Å². The van der Waals surface area contributed by atoms with Gasteiger partial charge in [0.15, 0.2) is 0 Å². The molecule has 1 N–H and O–H groups in total. The Morgan fingerprint density at radius 2 is 1.89 bits per heavy atom. The molecule has 0 aliphatic heterocycles. The van der Waals surface area contributed by atoms with E-state index in [2.05, 4.69) is 9.97 Å². The molecule has 0 bridgehead atoms. The zero-order chi connectivity index (χ0) is 13.4. The Bertz CT molecular complexity index is 655. The molecular formula is C15H16N2O2. The molecule has 98 valence electrons. The van der Waals surface area contributed by atoms with Crippen LogP contribution in [0.2, 0.25) is 0 Å². The summed E-state index contributed by atoms with van der Waals surface area (Å²) in [5.41, 5.74) is 2.77. The summed E-state index contributed by atoms with van der Waals surface area (Å²) in [5, 5.41) is 0. The van der Waals surface area contributed by atoms with Gasteiger partial charge in [0.2, 0.25) is 0 Å². The summed E-state index contributed by atoms with van der Waals surface area (Å²) in [5.74, 6) is 0.853. The molecule has 0 saturated heterocycles. The first-order chi connectivity index (χ1) is 9.13. The van der Waals surface area contributed by atoms with Crippen molar-refractivity contribution in [1.29, 1.82) is 0 Å². The maximum Gasteiger partial charge on any atom is 0.274 e. The van der Waals surface area contributed by atoms with Crippen LogP contribution in [0.4, 0.5) is 0 Å². The Balaban J connectivity index is 1.93. The number of H-pyrrole nitrogens is 1. The number of nitrogens with zero attached hydrogens (tertiary/aromatic N) is 1. The van der Waals surface area contributed by atoms with Crippen LogP contribution in [0.3, 0.4) is 0 Å². The number of hydrogen-bond donors (Lipinski definition) is 1. The number of benzene rings is 1. The van der Waals surface area contributed by atoms with Crippen LogP contribution >= 0.6 is 0 Å². The van der Waals surface area contributed by atoms with E-state index in [0.717, 1.165) is 35.5 Å². The molecule has 1 aromatic heterocycles. The first-order valence-electron chi connectivity index (χ1n) is 6.48. The fraction of sp³-hybridized carbons (Fsp3) is 0.333. The zero-order valence-electron chi connectivity index (χ0n) is 11.1. The molecule has 1 heterocycles. The first-order valence-corrected chi connectivity index (χ1v) is 6.48. The highest BCUT2D eigenvalue weighted by atomic mass is 16.5. The van der Waals surface area contributed by atoms with Gasteiger partial charge < -0.3 is 9.72 Å². The van der Waals surface area contributed by atoms with Gasteiger partial charge in [-0.25, -0.2) is 4.98 Å². The van der Waals surface area contributed by atoms with E-state index in [1.165, 1.54) is 0 Å². The molecule has 0 radical (unpaired) electrons. The third-order valence-electron chi connectivity index (χ3n) is 3.29. The van der Waals surface area contributed by atoms with Crippen LogP contribution in [0.1, 0.15) is 24.2 Å². The number of nitrogens with one attached hydrogen (secondary N) is 1. The molecule has 0 atom stereocenters. The second kappa shape index (κ2) is 4.53. The van der Waals surface area contributed by atoms with Gasteiger partial charge in [-0.3, -0.25) is 4.79 Å². The lowest BCUT2D eigenvalue weighted by Crippen LogP contribution is -2.14. The van der Waals surface area contributed by atoms with Crippen molar-refractivity contribution in [2.24, 2.45) is 0 Å². The van der Waals surface area contributed by atoms with E-state index >= 15 is 0 Å². The SMILES string of the molecule is Cc1nc(-c2ccc(OC3CC3)cc2)c(=O)[nH]c1C. The van der Waals surface area contributed by atoms with Gasteiger partial charge in [-0.15, -0.1) is 0 Å². The average molecular weight is 256 g/mol. The van der Waals surface area contributed by atoms with E-state index in [-0.39, 0.29) is 5.56 Å². The lowest BCUT2D eigenvalue weighted by atomic mass is 10.1. The molecule has 2 aromatic rings. The van der Waals surface area contributed by atoms with Crippen LogP contribution in [0.25, 0.3) is 11.3 Å². The van der Waals surface area contributed by atoms with Gasteiger partial charge in [0.05, 0.1) is 11.8 Å². The number of aryl methyl sites for hydroxylation is 2. The summed E-state index contributed by atoms with van der Waals surface area (Å²) in [7, 11) is 0. The van der Waals surface area contributed by atoms with E-state index < -0.39 is 0 Å². The van der Waals surface area contributed by atoms with E-state index in [0.29, 0.717) is 11.8 Å². The maximum atomic E-state index is 11.9. The predicted molar refractivity (Wildman–Crippen MR) is 73.4 cm³/mol. The second-order valence-electron chi connectivity index (χ2n) is 4.97. The van der Waals surface area contributed by atoms with Crippen LogP contribution in [0, 0.1) is 13.8 Å². The highest BCUT2D eigenvalue weighted by molar-refractivity contribution is 5.59. The third-order valence-corrected chi connectivity index (χ3v) is 3.29. The van der Waals surface area contributed by atoms with Gasteiger partial charge in [0, 0.05) is 11.3 Å². The topological polar surface area (TPSA) is 55.0 Å². The summed E-state index contributed by atoms with van der Waals surface area (Å²) in [6, 6.07) is 7.54. The van der Waals surface area contributed by atoms with Crippen molar-refractivity contribution in [3.63, 3.8) is 0 Å². The van der Waals surface area contributed by atoms with E-state index in [4.69, 9.17) is 4.74 Å². The van der Waals surface area contributed by atoms with Crippen molar-refractivity contribution in [2.45, 2.75) is 32.8 Å². The van der Waals surface area contributed by atoms with Gasteiger partial charge in [0.1, 0.15) is 11.4 Å². The van der Waals surface area contributed by atoms with Crippen LogP contribution in [0.5, 0.6) is 5.75 Å². The Labute approximate surface area is 111 Å². The molecular weight excluding hydrogens is 240 g/mol. The lowest BCUT2D eigenvalue weighted by molar-refractivity contribution is 0.303. The number of aromatic nitrogens is 2. The van der Waals surface area contributed by atoms with Crippen LogP contribution in [-0.4, -0.2) is 16.1 Å². The van der Waals surface area contributed by atoms with Gasteiger partial charge in [-0.05, 0) is 51.0 Å². The Hall–Kier alpha value is -2.10. The van der Waals surface area contributed by atoms with Crippen molar-refractivity contribution in [2.75, 3.05) is 0 Å². The molecule has 4 nitrogen and oxygen atoms in total. The number of hydrogen-bond acceptors (Lipinski definition) is 3. The summed E-state index contributed by atoms with van der Waals surface area (Å²) in [4.78, 5) is 19.1. The van der Waals surface area contributed by atoms with Crippen molar-refractivity contribution in [1.82, 2.24) is 9.97 Å². The fourth-order valence-electron chi connectivity index (χ4n) is 1.89. The molecule has 0 unspecified atom stereocenters. The largest absolute Gasteiger partial charge is 0.490 e. The smallest absolute Gasteiger partial charge is 0.274 e. The molecule has 1 aromatic carbocycles. The van der Waals surface area contributed by atoms with E-state index in [1.807, 2.05) is 38.1 Å². The minimum atomic E-state index is -0.154. The molecule has 4 heteroatoms. The fourth-order valence-corrected chi connectivity index (χ4v) is 1.89. The first kappa shape index (κ1) is 12.0. The summed E-state index contributed by atoms with van der Waals surface area (Å²) < 4.78 is 5.68. The second-order valence-corrected chi connectivity index (χ2v) is 4.97. The van der Waals surface area contributed by atoms with Gasteiger partial charge in [0.25, 0.3) is 5.56 Å². The maximum absolute atomic E-state index is 11.9. The van der Waals surface area contributed by atoms with Crippen LogP contribution in [-0.2, 0) is 0 Å². The minimum Gasteiger partial charge on any atom is -0.490 e. The average Bonchev–Trinajstić information content (AvgIpc) is 3.19. The third kappa shape index (κ3) is 2.52. The summed E-state index contributed by atoms with van der Waals surface area (Å²) >= 11 is 0. The molecule has 0 amide bonds. The van der Waals surface area contributed by atoms with Crippen molar-refractivity contribution in [3.8, 4) is 17.0 Å². The Kier molecular flexibility index (Phi) is 2.85. The predicted octanol–water partition coefficient (Wildman–Crippen LogP) is 2.59. The highest BCUT2D eigenvalue weighted by Crippen LogP contribution is 2.27. The zero-order valence-corrected chi connectivity index (χ0v) is 11.1. The number of ether oxygens (including phenoxy) is 1. The summed E-state index contributed by atoms with van der Waals surface area (Å²) in [6.07, 6.45) is 2.66. The molecule has 1 aliphatic rings. The number of aromatic amines is 1. The lowest BCUT2D eigenvalue weighted by Gasteiger charge is -2.06. The van der Waals surface area contributed by atoms with Gasteiger partial charge >= 0.3 is 0 Å². The van der Waals surface area contributed by atoms with Crippen molar-refractivity contribution < 1.29 is 4.74 Å². The molecule has 0 spiro atoms. The minimum absolute atomic E-state index is 0.154. The standard InChI is InChI=1S/C15H16N2O2/c1-9-10(2)17-15(18)14(16-9)11-3-5-12(6-4-11)19-13-7-8-13/h3-6,13H,7-8H2,1-2H3,(H,17,18). The quantitative estimate of drug-likeness (QED) is 0.918. The molecule has 1 fully saturated rings. The van der Waals surface area contributed by atoms with Crippen molar-refractivity contribution in [3.05, 3.63) is 46.0 Å². The monoisotopic (exact) mass is 256 g/mol. The molecule has 3 rings (SSSR count). The van der Waals surface area contributed by atoms with E-state index in [9.17, 15) is 4.79 Å². The Morgan fingerprint density at radius 1 is 1.21 bits per heavy atom. The summed E-state index contributed by atoms with van der Waals surface area (Å²) in [6.45, 7) is 3.74. The van der Waals surface area contributed by atoms with Gasteiger partial charge in [-0.1, -0.05) is 0 Å². The highest BCUT2D eigenvalue weighted by Gasteiger charge is 2.23. The van der Waals surface area contributed by atoms with E-state index in [1.54, 1.807) is 0 Å². The molecule has 19 heavy (non-hydrogen) atoms. The Morgan fingerprint density at radius 3 is 2.53 bits per heavy atom.